The molecule has 1 aliphatic heterocycles. The van der Waals surface area contributed by atoms with Gasteiger partial charge in [0.2, 0.25) is 5.91 Å². The molecule has 4 nitrogen and oxygen atoms in total. The Morgan fingerprint density at radius 1 is 1.12 bits per heavy atom. The Morgan fingerprint density at radius 3 is 2.24 bits per heavy atom. The lowest BCUT2D eigenvalue weighted by Crippen LogP contribution is -2.49. The number of hydrogen-bond donors (Lipinski definition) is 2. The molecule has 3 rings (SSSR count). The maximum absolute atomic E-state index is 12.6. The minimum atomic E-state index is -0.553. The predicted octanol–water partition coefficient (Wildman–Crippen LogP) is 2.25. The van der Waals surface area contributed by atoms with Crippen LogP contribution in [0.15, 0.2) is 60.7 Å². The quantitative estimate of drug-likeness (QED) is 0.879. The molecule has 0 saturated carbocycles. The normalized spacial score (nSPS) is 21.2. The van der Waals surface area contributed by atoms with Crippen molar-refractivity contribution in [2.24, 2.45) is 5.92 Å². The van der Waals surface area contributed by atoms with Crippen LogP contribution in [0.25, 0.3) is 0 Å². The highest BCUT2D eigenvalue weighted by atomic mass is 16.3. The summed E-state index contributed by atoms with van der Waals surface area (Å²) in [4.78, 5) is 14.7. The van der Waals surface area contributed by atoms with Gasteiger partial charge in [0.05, 0.1) is 12.0 Å². The Bertz CT molecular complexity index is 635. The third kappa shape index (κ3) is 4.47. The topological polar surface area (TPSA) is 52.6 Å². The summed E-state index contributed by atoms with van der Waals surface area (Å²) in [5, 5.41) is 13.2. The van der Waals surface area contributed by atoms with E-state index in [9.17, 15) is 9.90 Å². The third-order valence-electron chi connectivity index (χ3n) is 5.00. The maximum Gasteiger partial charge on any atom is 0.227 e. The average molecular weight is 338 g/mol. The summed E-state index contributed by atoms with van der Waals surface area (Å²) in [6.07, 6.45) is 0.0955. The summed E-state index contributed by atoms with van der Waals surface area (Å²) in [7, 11) is 1.99. The highest BCUT2D eigenvalue weighted by Crippen LogP contribution is 2.24. The molecule has 1 fully saturated rings. The van der Waals surface area contributed by atoms with Crippen molar-refractivity contribution < 1.29 is 9.90 Å². The van der Waals surface area contributed by atoms with Gasteiger partial charge in [-0.1, -0.05) is 60.7 Å². The van der Waals surface area contributed by atoms with Gasteiger partial charge in [0.25, 0.3) is 0 Å². The number of rotatable bonds is 5. The standard InChI is InChI=1S/C21H26N2O2/c1-23-13-12-20(24)19(15-23)21(25)22-14-18(16-8-4-2-5-9-16)17-10-6-3-7-11-17/h2-11,18-20,24H,12-15H2,1H3,(H,22,25)/t19-,20+/m1/s1. The average Bonchev–Trinajstić information content (AvgIpc) is 2.65. The maximum atomic E-state index is 12.6. The van der Waals surface area contributed by atoms with Crippen molar-refractivity contribution in [3.63, 3.8) is 0 Å². The van der Waals surface area contributed by atoms with E-state index in [2.05, 4.69) is 34.5 Å². The summed E-state index contributed by atoms with van der Waals surface area (Å²) in [6.45, 7) is 1.97. The number of amides is 1. The Balaban J connectivity index is 1.72. The number of carbonyl (C=O) groups excluding carboxylic acids is 1. The van der Waals surface area contributed by atoms with Crippen LogP contribution in [0.4, 0.5) is 0 Å². The summed E-state index contributed by atoms with van der Waals surface area (Å²) in [5.41, 5.74) is 2.35. The van der Waals surface area contributed by atoms with Crippen LogP contribution >= 0.6 is 0 Å². The molecule has 2 N–H and O–H groups in total. The molecule has 0 bridgehead atoms. The van der Waals surface area contributed by atoms with E-state index in [1.54, 1.807) is 0 Å². The van der Waals surface area contributed by atoms with Gasteiger partial charge in [-0.15, -0.1) is 0 Å². The molecule has 2 aromatic carbocycles. The van der Waals surface area contributed by atoms with E-state index in [-0.39, 0.29) is 17.7 Å². The molecule has 0 unspecified atom stereocenters. The lowest BCUT2D eigenvalue weighted by molar-refractivity contribution is -0.131. The van der Waals surface area contributed by atoms with Crippen molar-refractivity contribution in [2.75, 3.05) is 26.7 Å². The Morgan fingerprint density at radius 2 is 1.68 bits per heavy atom. The van der Waals surface area contributed by atoms with E-state index < -0.39 is 6.10 Å². The van der Waals surface area contributed by atoms with Crippen LogP contribution in [0.2, 0.25) is 0 Å². The van der Waals surface area contributed by atoms with Gasteiger partial charge < -0.3 is 15.3 Å². The highest BCUT2D eigenvalue weighted by Gasteiger charge is 2.32. The van der Waals surface area contributed by atoms with Crippen LogP contribution in [-0.2, 0) is 4.79 Å². The summed E-state index contributed by atoms with van der Waals surface area (Å²) >= 11 is 0. The minimum Gasteiger partial charge on any atom is -0.392 e. The monoisotopic (exact) mass is 338 g/mol. The van der Waals surface area contributed by atoms with Crippen LogP contribution in [0, 0.1) is 5.92 Å². The zero-order chi connectivity index (χ0) is 17.6. The van der Waals surface area contributed by atoms with E-state index in [1.807, 2.05) is 43.4 Å². The molecule has 0 spiro atoms. The van der Waals surface area contributed by atoms with E-state index in [1.165, 1.54) is 11.1 Å². The third-order valence-corrected chi connectivity index (χ3v) is 5.00. The molecule has 4 heteroatoms. The first-order valence-corrected chi connectivity index (χ1v) is 8.89. The highest BCUT2D eigenvalue weighted by molar-refractivity contribution is 5.79. The molecular weight excluding hydrogens is 312 g/mol. The molecule has 1 amide bonds. The van der Waals surface area contributed by atoms with Crippen molar-refractivity contribution in [1.29, 1.82) is 0 Å². The van der Waals surface area contributed by atoms with Gasteiger partial charge in [-0.05, 0) is 24.6 Å². The second kappa shape index (κ2) is 8.28. The number of likely N-dealkylation sites (tertiary alicyclic amines) is 1. The van der Waals surface area contributed by atoms with Gasteiger partial charge in [0, 0.05) is 25.6 Å². The van der Waals surface area contributed by atoms with Gasteiger partial charge in [-0.25, -0.2) is 0 Å². The molecule has 132 valence electrons. The van der Waals surface area contributed by atoms with Gasteiger partial charge in [-0.3, -0.25) is 4.79 Å². The summed E-state index contributed by atoms with van der Waals surface area (Å²) in [5.74, 6) is -0.313. The molecule has 1 saturated heterocycles. The summed E-state index contributed by atoms with van der Waals surface area (Å²) in [6, 6.07) is 20.4. The van der Waals surface area contributed by atoms with Gasteiger partial charge in [0.15, 0.2) is 0 Å². The minimum absolute atomic E-state index is 0.0593. The molecular formula is C21H26N2O2. The molecule has 2 aromatic rings. The molecule has 0 aliphatic carbocycles. The Hall–Kier alpha value is -2.17. The fraction of sp³-hybridized carbons (Fsp3) is 0.381. The van der Waals surface area contributed by atoms with E-state index in [0.717, 1.165) is 6.54 Å². The first kappa shape index (κ1) is 17.6. The summed E-state index contributed by atoms with van der Waals surface area (Å²) < 4.78 is 0. The van der Waals surface area contributed by atoms with Crippen molar-refractivity contribution in [3.8, 4) is 0 Å². The molecule has 1 aliphatic rings. The molecule has 1 heterocycles. The van der Waals surface area contributed by atoms with Crippen LogP contribution in [-0.4, -0.2) is 48.7 Å². The van der Waals surface area contributed by atoms with Crippen molar-refractivity contribution >= 4 is 5.91 Å². The predicted molar refractivity (Wildman–Crippen MR) is 99.3 cm³/mol. The van der Waals surface area contributed by atoms with Crippen molar-refractivity contribution in [1.82, 2.24) is 10.2 Å². The first-order valence-electron chi connectivity index (χ1n) is 8.89. The first-order chi connectivity index (χ1) is 12.1. The SMILES string of the molecule is CN1CC[C@H](O)[C@H](C(=O)NCC(c2ccccc2)c2ccccc2)C1. The van der Waals surface area contributed by atoms with E-state index in [4.69, 9.17) is 0 Å². The van der Waals surface area contributed by atoms with Crippen molar-refractivity contribution in [2.45, 2.75) is 18.4 Å². The van der Waals surface area contributed by atoms with Crippen LogP contribution < -0.4 is 5.32 Å². The lowest BCUT2D eigenvalue weighted by Gasteiger charge is -2.33. The number of benzene rings is 2. The number of aliphatic hydroxyl groups excluding tert-OH is 1. The van der Waals surface area contributed by atoms with E-state index in [0.29, 0.717) is 19.5 Å². The number of hydrogen-bond acceptors (Lipinski definition) is 3. The zero-order valence-corrected chi connectivity index (χ0v) is 14.6. The number of aliphatic hydroxyl groups is 1. The second-order valence-corrected chi connectivity index (χ2v) is 6.84. The Kier molecular flexibility index (Phi) is 5.84. The molecule has 0 radical (unpaired) electrons. The van der Waals surface area contributed by atoms with Crippen molar-refractivity contribution in [3.05, 3.63) is 71.8 Å². The molecule has 0 aromatic heterocycles. The lowest BCUT2D eigenvalue weighted by atomic mass is 9.90. The number of carbonyl (C=O) groups is 1. The second-order valence-electron chi connectivity index (χ2n) is 6.84. The van der Waals surface area contributed by atoms with E-state index >= 15 is 0 Å². The molecule has 25 heavy (non-hydrogen) atoms. The smallest absolute Gasteiger partial charge is 0.227 e. The number of nitrogens with zero attached hydrogens (tertiary/aromatic N) is 1. The van der Waals surface area contributed by atoms with Gasteiger partial charge in [0.1, 0.15) is 0 Å². The van der Waals surface area contributed by atoms with Crippen LogP contribution in [0.5, 0.6) is 0 Å². The van der Waals surface area contributed by atoms with Crippen LogP contribution in [0.3, 0.4) is 0 Å². The van der Waals surface area contributed by atoms with Gasteiger partial charge in [-0.2, -0.15) is 0 Å². The number of nitrogens with one attached hydrogen (secondary N) is 1. The fourth-order valence-electron chi connectivity index (χ4n) is 3.49. The molecule has 2 atom stereocenters. The zero-order valence-electron chi connectivity index (χ0n) is 14.6. The fourth-order valence-corrected chi connectivity index (χ4v) is 3.49. The largest absolute Gasteiger partial charge is 0.392 e. The Labute approximate surface area is 149 Å². The van der Waals surface area contributed by atoms with Gasteiger partial charge >= 0.3 is 0 Å². The number of piperidine rings is 1. The van der Waals surface area contributed by atoms with Crippen LogP contribution in [0.1, 0.15) is 23.5 Å².